The van der Waals surface area contributed by atoms with Gasteiger partial charge in [0.15, 0.2) is 5.82 Å². The second-order valence-corrected chi connectivity index (χ2v) is 2.40. The van der Waals surface area contributed by atoms with Crippen molar-refractivity contribution in [3.8, 4) is 0 Å². The SMILES string of the molecule is Cn1nnnc1CNC(=O)C(F)(F)F. The Morgan fingerprint density at radius 3 is 2.64 bits per heavy atom. The van der Waals surface area contributed by atoms with Crippen LogP contribution in [0.3, 0.4) is 0 Å². The first kappa shape index (κ1) is 10.4. The third-order valence-corrected chi connectivity index (χ3v) is 1.37. The number of halogens is 3. The standard InChI is InChI=1S/C5H6F3N5O/c1-13-3(10-11-12-13)2-9-4(14)5(6,7)8/h2H2,1H3,(H,9,14). The lowest BCUT2D eigenvalue weighted by atomic mass is 10.5. The molecule has 1 amide bonds. The van der Waals surface area contributed by atoms with Crippen molar-refractivity contribution in [1.82, 2.24) is 25.5 Å². The maximum Gasteiger partial charge on any atom is 0.471 e. The Bertz CT molecular complexity index is 332. The molecule has 0 saturated heterocycles. The first-order valence-corrected chi connectivity index (χ1v) is 3.47. The van der Waals surface area contributed by atoms with Crippen LogP contribution in [0.25, 0.3) is 0 Å². The number of rotatable bonds is 2. The zero-order valence-electron chi connectivity index (χ0n) is 7.04. The Morgan fingerprint density at radius 1 is 1.57 bits per heavy atom. The minimum Gasteiger partial charge on any atom is -0.341 e. The average molecular weight is 209 g/mol. The molecule has 0 fully saturated rings. The monoisotopic (exact) mass is 209 g/mol. The van der Waals surface area contributed by atoms with Crippen molar-refractivity contribution in [2.75, 3.05) is 0 Å². The van der Waals surface area contributed by atoms with Crippen molar-refractivity contribution >= 4 is 5.91 Å². The second-order valence-electron chi connectivity index (χ2n) is 2.40. The minimum atomic E-state index is -4.88. The molecule has 78 valence electrons. The molecular weight excluding hydrogens is 203 g/mol. The topological polar surface area (TPSA) is 72.7 Å². The van der Waals surface area contributed by atoms with E-state index in [9.17, 15) is 18.0 Å². The summed E-state index contributed by atoms with van der Waals surface area (Å²) in [6.07, 6.45) is -4.88. The summed E-state index contributed by atoms with van der Waals surface area (Å²) in [6, 6.07) is 0. The van der Waals surface area contributed by atoms with Gasteiger partial charge < -0.3 is 5.32 Å². The number of hydrogen-bond acceptors (Lipinski definition) is 4. The first-order valence-electron chi connectivity index (χ1n) is 3.47. The number of aromatic nitrogens is 4. The molecule has 0 radical (unpaired) electrons. The van der Waals surface area contributed by atoms with Gasteiger partial charge >= 0.3 is 12.1 Å². The molecule has 1 rings (SSSR count). The largest absolute Gasteiger partial charge is 0.471 e. The Kier molecular flexibility index (Phi) is 2.68. The number of aryl methyl sites for hydroxylation is 1. The van der Waals surface area contributed by atoms with Gasteiger partial charge in [0.1, 0.15) is 0 Å². The summed E-state index contributed by atoms with van der Waals surface area (Å²) in [4.78, 5) is 10.4. The fourth-order valence-corrected chi connectivity index (χ4v) is 0.657. The molecule has 1 aromatic heterocycles. The fourth-order valence-electron chi connectivity index (χ4n) is 0.657. The van der Waals surface area contributed by atoms with Crippen LogP contribution in [0.5, 0.6) is 0 Å². The van der Waals surface area contributed by atoms with Gasteiger partial charge in [-0.15, -0.1) is 5.10 Å². The molecule has 0 aromatic carbocycles. The molecule has 14 heavy (non-hydrogen) atoms. The molecule has 0 aliphatic carbocycles. The highest BCUT2D eigenvalue weighted by Crippen LogP contribution is 2.14. The van der Waals surface area contributed by atoms with E-state index < -0.39 is 12.1 Å². The molecule has 0 aliphatic heterocycles. The predicted octanol–water partition coefficient (Wildman–Crippen LogP) is -0.611. The van der Waals surface area contributed by atoms with Gasteiger partial charge in [-0.1, -0.05) is 0 Å². The molecule has 1 N–H and O–H groups in total. The lowest BCUT2D eigenvalue weighted by Gasteiger charge is -2.06. The van der Waals surface area contributed by atoms with Gasteiger partial charge in [-0.25, -0.2) is 4.68 Å². The highest BCUT2D eigenvalue weighted by molar-refractivity contribution is 5.81. The number of carbonyl (C=O) groups excluding carboxylic acids is 1. The summed E-state index contributed by atoms with van der Waals surface area (Å²) in [5, 5.41) is 11.6. The molecule has 1 heterocycles. The van der Waals surface area contributed by atoms with E-state index in [2.05, 4.69) is 15.5 Å². The molecule has 0 atom stereocenters. The number of tetrazole rings is 1. The third-order valence-electron chi connectivity index (χ3n) is 1.37. The highest BCUT2D eigenvalue weighted by Gasteiger charge is 2.38. The second kappa shape index (κ2) is 3.60. The Balaban J connectivity index is 2.50. The summed E-state index contributed by atoms with van der Waals surface area (Å²) in [5.74, 6) is -1.87. The summed E-state index contributed by atoms with van der Waals surface area (Å²) in [6.45, 7) is -0.359. The van der Waals surface area contributed by atoms with Crippen LogP contribution in [0.15, 0.2) is 0 Å². The highest BCUT2D eigenvalue weighted by atomic mass is 19.4. The predicted molar refractivity (Wildman–Crippen MR) is 36.7 cm³/mol. The van der Waals surface area contributed by atoms with E-state index in [1.54, 1.807) is 5.32 Å². The summed E-state index contributed by atoms with van der Waals surface area (Å²) in [5.41, 5.74) is 0. The van der Waals surface area contributed by atoms with E-state index in [1.165, 1.54) is 7.05 Å². The lowest BCUT2D eigenvalue weighted by Crippen LogP contribution is -2.36. The number of amides is 1. The Labute approximate surface area is 76.1 Å². The zero-order chi connectivity index (χ0) is 10.8. The average Bonchev–Trinajstić information content (AvgIpc) is 2.45. The molecular formula is C5H6F3N5O. The van der Waals surface area contributed by atoms with Gasteiger partial charge in [0.25, 0.3) is 0 Å². The smallest absolute Gasteiger partial charge is 0.341 e. The van der Waals surface area contributed by atoms with Gasteiger partial charge in [0.05, 0.1) is 6.54 Å². The first-order chi connectivity index (χ1) is 6.41. The van der Waals surface area contributed by atoms with E-state index >= 15 is 0 Å². The Hall–Kier alpha value is -1.67. The van der Waals surface area contributed by atoms with Crippen LogP contribution in [0, 0.1) is 0 Å². The number of alkyl halides is 3. The molecule has 9 heteroatoms. The number of hydrogen-bond donors (Lipinski definition) is 1. The van der Waals surface area contributed by atoms with Gasteiger partial charge in [0, 0.05) is 7.05 Å². The summed E-state index contributed by atoms with van der Waals surface area (Å²) >= 11 is 0. The van der Waals surface area contributed by atoms with Gasteiger partial charge in [0.2, 0.25) is 0 Å². The van der Waals surface area contributed by atoms with Crippen LogP contribution in [0.2, 0.25) is 0 Å². The molecule has 0 saturated carbocycles. The summed E-state index contributed by atoms with van der Waals surface area (Å²) in [7, 11) is 1.45. The normalized spacial score (nSPS) is 11.4. The molecule has 0 bridgehead atoms. The van der Waals surface area contributed by atoms with Crippen molar-refractivity contribution in [3.63, 3.8) is 0 Å². The van der Waals surface area contributed by atoms with Crippen molar-refractivity contribution < 1.29 is 18.0 Å². The number of carbonyl (C=O) groups is 1. The van der Waals surface area contributed by atoms with E-state index in [-0.39, 0.29) is 12.4 Å². The van der Waals surface area contributed by atoms with Gasteiger partial charge in [-0.2, -0.15) is 13.2 Å². The number of nitrogens with zero attached hydrogens (tertiary/aromatic N) is 4. The lowest BCUT2D eigenvalue weighted by molar-refractivity contribution is -0.173. The van der Waals surface area contributed by atoms with Crippen LogP contribution in [-0.4, -0.2) is 32.3 Å². The van der Waals surface area contributed by atoms with Crippen LogP contribution in [-0.2, 0) is 18.4 Å². The van der Waals surface area contributed by atoms with Crippen LogP contribution in [0.1, 0.15) is 5.82 Å². The third kappa shape index (κ3) is 2.41. The summed E-state index contributed by atoms with van der Waals surface area (Å²) < 4.78 is 36.3. The van der Waals surface area contributed by atoms with Crippen molar-refractivity contribution in [3.05, 3.63) is 5.82 Å². The maximum absolute atomic E-state index is 11.7. The van der Waals surface area contributed by atoms with E-state index in [0.717, 1.165) is 4.68 Å². The molecule has 1 aromatic rings. The number of nitrogens with one attached hydrogen (secondary N) is 1. The van der Waals surface area contributed by atoms with E-state index in [0.29, 0.717) is 0 Å². The van der Waals surface area contributed by atoms with E-state index in [4.69, 9.17) is 0 Å². The van der Waals surface area contributed by atoms with E-state index in [1.807, 2.05) is 0 Å². The maximum atomic E-state index is 11.7. The van der Waals surface area contributed by atoms with Crippen LogP contribution in [0.4, 0.5) is 13.2 Å². The Morgan fingerprint density at radius 2 is 2.21 bits per heavy atom. The van der Waals surface area contributed by atoms with Gasteiger partial charge in [-0.05, 0) is 10.4 Å². The zero-order valence-corrected chi connectivity index (χ0v) is 7.04. The van der Waals surface area contributed by atoms with Crippen molar-refractivity contribution in [1.29, 1.82) is 0 Å². The molecule has 0 unspecified atom stereocenters. The van der Waals surface area contributed by atoms with Crippen LogP contribution < -0.4 is 5.32 Å². The minimum absolute atomic E-state index is 0.141. The van der Waals surface area contributed by atoms with Crippen LogP contribution >= 0.6 is 0 Å². The quantitative estimate of drug-likeness (QED) is 0.705. The molecule has 6 nitrogen and oxygen atoms in total. The fraction of sp³-hybridized carbons (Fsp3) is 0.600. The molecule has 0 aliphatic rings. The van der Waals surface area contributed by atoms with Crippen molar-refractivity contribution in [2.24, 2.45) is 7.05 Å². The van der Waals surface area contributed by atoms with Gasteiger partial charge in [-0.3, -0.25) is 4.79 Å². The molecule has 0 spiro atoms. The van der Waals surface area contributed by atoms with Crippen molar-refractivity contribution in [2.45, 2.75) is 12.7 Å².